The van der Waals surface area contributed by atoms with Gasteiger partial charge in [0.05, 0.1) is 6.10 Å². The van der Waals surface area contributed by atoms with Crippen LogP contribution >= 0.6 is 0 Å². The number of aliphatic carboxylic acids is 1. The predicted octanol–water partition coefficient (Wildman–Crippen LogP) is 6.61. The molecule has 3 N–H and O–H groups in total. The highest BCUT2D eigenvalue weighted by molar-refractivity contribution is 5.76. The van der Waals surface area contributed by atoms with Crippen molar-refractivity contribution in [2.75, 3.05) is 0 Å². The van der Waals surface area contributed by atoms with E-state index in [-0.39, 0.29) is 12.8 Å². The summed E-state index contributed by atoms with van der Waals surface area (Å²) >= 11 is 0. The molecule has 2 atom stereocenters. The number of unbranched alkanes of at least 4 members (excludes halogenated alkanes) is 15. The van der Waals surface area contributed by atoms with E-state index in [2.05, 4.69) is 6.92 Å². The lowest BCUT2D eigenvalue weighted by atomic mass is 9.90. The number of carboxylic acids is 1. The molecule has 0 saturated carbocycles. The Morgan fingerprint density at radius 3 is 1.39 bits per heavy atom. The zero-order valence-electron chi connectivity index (χ0n) is 18.8. The molecule has 28 heavy (non-hydrogen) atoms. The van der Waals surface area contributed by atoms with Crippen LogP contribution in [-0.2, 0) is 4.79 Å². The second-order valence-electron chi connectivity index (χ2n) is 8.78. The van der Waals surface area contributed by atoms with Crippen molar-refractivity contribution in [2.24, 2.45) is 0 Å². The molecule has 0 aromatic heterocycles. The summed E-state index contributed by atoms with van der Waals surface area (Å²) in [5, 5.41) is 28.8. The van der Waals surface area contributed by atoms with Crippen molar-refractivity contribution in [3.8, 4) is 0 Å². The molecule has 2 unspecified atom stereocenters. The van der Waals surface area contributed by atoms with Gasteiger partial charge in [-0.05, 0) is 32.6 Å². The maximum Gasteiger partial charge on any atom is 0.335 e. The number of carbonyl (C=O) groups is 1. The van der Waals surface area contributed by atoms with Crippen LogP contribution in [0.25, 0.3) is 0 Å². The minimum atomic E-state index is -1.67. The van der Waals surface area contributed by atoms with Crippen LogP contribution in [0.15, 0.2) is 0 Å². The summed E-state index contributed by atoms with van der Waals surface area (Å²) in [5.74, 6) is -1.16. The maximum absolute atomic E-state index is 11.3. The van der Waals surface area contributed by atoms with Gasteiger partial charge in [0.25, 0.3) is 0 Å². The smallest absolute Gasteiger partial charge is 0.335 e. The van der Waals surface area contributed by atoms with E-state index in [1.807, 2.05) is 0 Å². The molecule has 0 bridgehead atoms. The third-order valence-electron chi connectivity index (χ3n) is 5.82. The molecule has 0 rings (SSSR count). The van der Waals surface area contributed by atoms with Gasteiger partial charge in [0, 0.05) is 0 Å². The quantitative estimate of drug-likeness (QED) is 0.189. The maximum atomic E-state index is 11.3. The third-order valence-corrected chi connectivity index (χ3v) is 5.82. The fourth-order valence-corrected chi connectivity index (χ4v) is 3.75. The van der Waals surface area contributed by atoms with E-state index >= 15 is 0 Å². The first-order valence-electron chi connectivity index (χ1n) is 12.1. The molecule has 0 spiro atoms. The molecule has 0 radical (unpaired) electrons. The second kappa shape index (κ2) is 18.4. The summed E-state index contributed by atoms with van der Waals surface area (Å²) in [6.07, 6.45) is 20.6. The average Bonchev–Trinajstić information content (AvgIpc) is 2.66. The fraction of sp³-hybridized carbons (Fsp3) is 0.958. The summed E-state index contributed by atoms with van der Waals surface area (Å²) < 4.78 is 0. The predicted molar refractivity (Wildman–Crippen MR) is 118 cm³/mol. The Bertz CT molecular complexity index is 357. The number of rotatable bonds is 21. The van der Waals surface area contributed by atoms with Crippen molar-refractivity contribution in [3.05, 3.63) is 0 Å². The number of hydrogen-bond acceptors (Lipinski definition) is 3. The van der Waals surface area contributed by atoms with Crippen molar-refractivity contribution in [1.82, 2.24) is 0 Å². The van der Waals surface area contributed by atoms with Crippen LogP contribution in [0.3, 0.4) is 0 Å². The average molecular weight is 401 g/mol. The van der Waals surface area contributed by atoms with Crippen LogP contribution in [0.4, 0.5) is 0 Å². The number of carboxylic acid groups (broad SMARTS) is 1. The largest absolute Gasteiger partial charge is 0.479 e. The van der Waals surface area contributed by atoms with Gasteiger partial charge in [0.1, 0.15) is 0 Å². The van der Waals surface area contributed by atoms with Crippen LogP contribution in [0.2, 0.25) is 0 Å². The molecule has 0 aliphatic rings. The monoisotopic (exact) mass is 400 g/mol. The molecule has 4 nitrogen and oxygen atoms in total. The SMILES string of the molecule is CCCCCCCCCCCCCCCCCCC(O)(CCC(C)O)C(=O)O. The summed E-state index contributed by atoms with van der Waals surface area (Å²) in [7, 11) is 0. The summed E-state index contributed by atoms with van der Waals surface area (Å²) in [4.78, 5) is 11.3. The first-order chi connectivity index (χ1) is 13.4. The van der Waals surface area contributed by atoms with Crippen molar-refractivity contribution in [3.63, 3.8) is 0 Å². The number of hydrogen-bond donors (Lipinski definition) is 3. The Kier molecular flexibility index (Phi) is 18.0. The Hall–Kier alpha value is -0.610. The van der Waals surface area contributed by atoms with Crippen LogP contribution in [0.5, 0.6) is 0 Å². The summed E-state index contributed by atoms with van der Waals surface area (Å²) in [6.45, 7) is 3.89. The highest BCUT2D eigenvalue weighted by Gasteiger charge is 2.34. The molecule has 168 valence electrons. The van der Waals surface area contributed by atoms with Gasteiger partial charge in [-0.1, -0.05) is 103 Å². The molecule has 0 saturated heterocycles. The zero-order valence-corrected chi connectivity index (χ0v) is 18.8. The molecule has 0 heterocycles. The van der Waals surface area contributed by atoms with E-state index in [4.69, 9.17) is 0 Å². The first kappa shape index (κ1) is 27.4. The van der Waals surface area contributed by atoms with Gasteiger partial charge >= 0.3 is 5.97 Å². The number of aliphatic hydroxyl groups excluding tert-OH is 1. The molecule has 0 fully saturated rings. The lowest BCUT2D eigenvalue weighted by Crippen LogP contribution is -2.39. The normalized spacial score (nSPS) is 14.7. The van der Waals surface area contributed by atoms with Gasteiger partial charge in [-0.2, -0.15) is 0 Å². The highest BCUT2D eigenvalue weighted by atomic mass is 16.4. The Balaban J connectivity index is 3.43. The van der Waals surface area contributed by atoms with Gasteiger partial charge in [-0.15, -0.1) is 0 Å². The number of aliphatic hydroxyl groups is 2. The van der Waals surface area contributed by atoms with E-state index in [1.165, 1.54) is 83.5 Å². The molecular formula is C24H48O4. The minimum Gasteiger partial charge on any atom is -0.479 e. The molecule has 4 heteroatoms. The minimum absolute atomic E-state index is 0.124. The van der Waals surface area contributed by atoms with Crippen molar-refractivity contribution in [1.29, 1.82) is 0 Å². The standard InChI is InChI=1S/C24H48O4/c1-3-4-5-6-7-8-9-10-11-12-13-14-15-16-17-18-20-24(28,23(26)27)21-19-22(2)25/h22,25,28H,3-21H2,1-2H3,(H,26,27). The Morgan fingerprint density at radius 2 is 1.07 bits per heavy atom. The molecule has 0 amide bonds. The van der Waals surface area contributed by atoms with Gasteiger partial charge in [0.15, 0.2) is 5.60 Å². The van der Waals surface area contributed by atoms with Crippen molar-refractivity contribution >= 4 is 5.97 Å². The highest BCUT2D eigenvalue weighted by Crippen LogP contribution is 2.23. The second-order valence-corrected chi connectivity index (χ2v) is 8.78. The molecular weight excluding hydrogens is 352 g/mol. The van der Waals surface area contributed by atoms with Crippen LogP contribution < -0.4 is 0 Å². The van der Waals surface area contributed by atoms with Gasteiger partial charge in [-0.3, -0.25) is 0 Å². The molecule has 0 aromatic carbocycles. The van der Waals surface area contributed by atoms with Gasteiger partial charge in [0.2, 0.25) is 0 Å². The topological polar surface area (TPSA) is 77.8 Å². The fourth-order valence-electron chi connectivity index (χ4n) is 3.75. The van der Waals surface area contributed by atoms with E-state index in [9.17, 15) is 20.1 Å². The summed E-state index contributed by atoms with van der Waals surface area (Å²) in [6, 6.07) is 0. The van der Waals surface area contributed by atoms with Crippen LogP contribution in [0, 0.1) is 0 Å². The van der Waals surface area contributed by atoms with Crippen molar-refractivity contribution in [2.45, 2.75) is 148 Å². The van der Waals surface area contributed by atoms with E-state index in [0.29, 0.717) is 6.42 Å². The lowest BCUT2D eigenvalue weighted by molar-refractivity contribution is -0.160. The Morgan fingerprint density at radius 1 is 0.714 bits per heavy atom. The molecule has 0 aliphatic heterocycles. The first-order valence-corrected chi connectivity index (χ1v) is 12.1. The molecule has 0 aromatic rings. The van der Waals surface area contributed by atoms with Crippen molar-refractivity contribution < 1.29 is 20.1 Å². The van der Waals surface area contributed by atoms with Gasteiger partial charge in [-0.25, -0.2) is 4.79 Å². The third kappa shape index (κ3) is 16.4. The molecule has 0 aliphatic carbocycles. The summed E-state index contributed by atoms with van der Waals surface area (Å²) in [5.41, 5.74) is -1.67. The lowest BCUT2D eigenvalue weighted by Gasteiger charge is -2.24. The van der Waals surface area contributed by atoms with Gasteiger partial charge < -0.3 is 15.3 Å². The van der Waals surface area contributed by atoms with E-state index in [1.54, 1.807) is 6.92 Å². The zero-order chi connectivity index (χ0) is 21.1. The Labute approximate surface area is 174 Å². The van der Waals surface area contributed by atoms with E-state index < -0.39 is 17.7 Å². The van der Waals surface area contributed by atoms with E-state index in [0.717, 1.165) is 19.3 Å². The van der Waals surface area contributed by atoms with Crippen LogP contribution in [-0.4, -0.2) is 33.0 Å². The van der Waals surface area contributed by atoms with Crippen LogP contribution in [0.1, 0.15) is 136 Å².